The van der Waals surface area contributed by atoms with Crippen molar-refractivity contribution in [3.8, 4) is 0 Å². The molecule has 0 saturated carbocycles. The van der Waals surface area contributed by atoms with Crippen LogP contribution in [0.4, 0.5) is 5.13 Å². The van der Waals surface area contributed by atoms with Crippen LogP contribution in [0.5, 0.6) is 0 Å². The number of anilines is 1. The average Bonchev–Trinajstić information content (AvgIpc) is 3.49. The summed E-state index contributed by atoms with van der Waals surface area (Å²) in [6.45, 7) is 3.92. The number of thiophene rings is 1. The Bertz CT molecular complexity index is 1150. The Labute approximate surface area is 199 Å². The zero-order valence-electron chi connectivity index (χ0n) is 17.9. The van der Waals surface area contributed by atoms with Crippen LogP contribution in [0.3, 0.4) is 0 Å². The van der Waals surface area contributed by atoms with Gasteiger partial charge >= 0.3 is 0 Å². The lowest BCUT2D eigenvalue weighted by Crippen LogP contribution is -2.50. The number of carbonyl (C=O) groups excluding carboxylic acids is 3. The summed E-state index contributed by atoms with van der Waals surface area (Å²) in [6, 6.07) is 7.54. The number of thiazole rings is 1. The number of rotatable bonds is 5. The number of nitrogens with one attached hydrogen (secondary N) is 1. The van der Waals surface area contributed by atoms with Gasteiger partial charge in [-0.05, 0) is 23.6 Å². The maximum atomic E-state index is 13.2. The standard InChI is InChI=1S/C23H23N5O3S2/c29-19-12-16(22(31)28-8-6-27(7-9-28)14-17-4-2-10-32-17)11-18-20(19)33-23(25-18)26-21(30)15-3-1-5-24-13-15/h1-5,10,13,16H,6-9,11-12,14H2,(H,25,26,30). The summed E-state index contributed by atoms with van der Waals surface area (Å²) in [7, 11) is 0. The Hall–Kier alpha value is -2.95. The van der Waals surface area contributed by atoms with E-state index in [9.17, 15) is 14.4 Å². The highest BCUT2D eigenvalue weighted by Gasteiger charge is 2.36. The number of piperazine rings is 1. The molecule has 170 valence electrons. The van der Waals surface area contributed by atoms with Crippen LogP contribution in [0.2, 0.25) is 0 Å². The number of Topliss-reactive ketones (excluding diaryl/α,β-unsaturated/α-hetero) is 1. The molecule has 1 unspecified atom stereocenters. The van der Waals surface area contributed by atoms with Gasteiger partial charge in [0.2, 0.25) is 5.91 Å². The molecule has 1 atom stereocenters. The topological polar surface area (TPSA) is 95.5 Å². The summed E-state index contributed by atoms with van der Waals surface area (Å²) in [5.41, 5.74) is 1.02. The first-order chi connectivity index (χ1) is 16.1. The maximum absolute atomic E-state index is 13.2. The van der Waals surface area contributed by atoms with Crippen LogP contribution in [0.15, 0.2) is 42.0 Å². The molecule has 1 N–H and O–H groups in total. The Balaban J connectivity index is 1.20. The van der Waals surface area contributed by atoms with Crippen LogP contribution in [0.25, 0.3) is 0 Å². The van der Waals surface area contributed by atoms with Gasteiger partial charge in [0.15, 0.2) is 10.9 Å². The van der Waals surface area contributed by atoms with Gasteiger partial charge in [-0.2, -0.15) is 0 Å². The SMILES string of the molecule is O=C(Nc1nc2c(s1)C(=O)CC(C(=O)N1CCN(Cc3cccs3)CC1)C2)c1cccnc1. The predicted molar refractivity (Wildman–Crippen MR) is 127 cm³/mol. The van der Waals surface area contributed by atoms with Gasteiger partial charge in [-0.25, -0.2) is 4.98 Å². The Morgan fingerprint density at radius 2 is 1.97 bits per heavy atom. The van der Waals surface area contributed by atoms with E-state index in [0.29, 0.717) is 40.8 Å². The third-order valence-electron chi connectivity index (χ3n) is 5.96. The molecule has 2 amide bonds. The largest absolute Gasteiger partial charge is 0.340 e. The summed E-state index contributed by atoms with van der Waals surface area (Å²) >= 11 is 2.92. The van der Waals surface area contributed by atoms with E-state index < -0.39 is 5.92 Å². The van der Waals surface area contributed by atoms with Gasteiger partial charge < -0.3 is 4.90 Å². The van der Waals surface area contributed by atoms with Crippen LogP contribution >= 0.6 is 22.7 Å². The van der Waals surface area contributed by atoms with Crippen molar-refractivity contribution < 1.29 is 14.4 Å². The van der Waals surface area contributed by atoms with Gasteiger partial charge in [-0.3, -0.25) is 29.6 Å². The maximum Gasteiger partial charge on any atom is 0.259 e. The van der Waals surface area contributed by atoms with Gasteiger partial charge in [0.1, 0.15) is 0 Å². The Kier molecular flexibility index (Phi) is 6.30. The van der Waals surface area contributed by atoms with Crippen LogP contribution in [0.1, 0.15) is 37.0 Å². The van der Waals surface area contributed by atoms with Crippen LogP contribution < -0.4 is 5.32 Å². The third kappa shape index (κ3) is 4.87. The van der Waals surface area contributed by atoms with Crippen LogP contribution in [0, 0.1) is 5.92 Å². The zero-order chi connectivity index (χ0) is 22.8. The number of amides is 2. The first kappa shape index (κ1) is 21.9. The van der Waals surface area contributed by atoms with Crippen molar-refractivity contribution in [2.75, 3.05) is 31.5 Å². The van der Waals surface area contributed by atoms with Gasteiger partial charge in [0.25, 0.3) is 5.91 Å². The van der Waals surface area contributed by atoms with E-state index >= 15 is 0 Å². The van der Waals surface area contributed by atoms with Crippen molar-refractivity contribution >= 4 is 45.4 Å². The number of ketones is 1. The zero-order valence-corrected chi connectivity index (χ0v) is 19.5. The number of pyridine rings is 1. The molecule has 33 heavy (non-hydrogen) atoms. The van der Waals surface area contributed by atoms with Crippen LogP contribution in [-0.2, 0) is 17.8 Å². The molecule has 5 rings (SSSR count). The lowest BCUT2D eigenvalue weighted by atomic mass is 9.88. The number of nitrogens with zero attached hydrogens (tertiary/aromatic N) is 4. The number of aromatic nitrogens is 2. The van der Waals surface area contributed by atoms with Gasteiger partial charge in [0, 0.05) is 62.8 Å². The van der Waals surface area contributed by atoms with E-state index in [2.05, 4.69) is 37.7 Å². The summed E-state index contributed by atoms with van der Waals surface area (Å²) in [6.07, 6.45) is 3.69. The first-order valence-electron chi connectivity index (χ1n) is 10.8. The molecule has 0 aromatic carbocycles. The second-order valence-corrected chi connectivity index (χ2v) is 10.2. The molecular formula is C23H23N5O3S2. The first-order valence-corrected chi connectivity index (χ1v) is 12.5. The van der Waals surface area contributed by atoms with Gasteiger partial charge in [0.05, 0.1) is 22.1 Å². The highest BCUT2D eigenvalue weighted by atomic mass is 32.1. The molecule has 2 aliphatic rings. The van der Waals surface area contributed by atoms with Crippen molar-refractivity contribution in [2.45, 2.75) is 19.4 Å². The lowest BCUT2D eigenvalue weighted by molar-refractivity contribution is -0.137. The third-order valence-corrected chi connectivity index (χ3v) is 7.87. The van der Waals surface area contributed by atoms with E-state index in [1.54, 1.807) is 29.7 Å². The molecule has 1 aliphatic carbocycles. The fourth-order valence-electron chi connectivity index (χ4n) is 4.23. The minimum Gasteiger partial charge on any atom is -0.340 e. The van der Waals surface area contributed by atoms with E-state index in [-0.39, 0.29) is 24.0 Å². The second kappa shape index (κ2) is 9.50. The highest BCUT2D eigenvalue weighted by molar-refractivity contribution is 7.17. The van der Waals surface area contributed by atoms with E-state index in [1.165, 1.54) is 22.4 Å². The quantitative estimate of drug-likeness (QED) is 0.602. The fraction of sp³-hybridized carbons (Fsp3) is 0.348. The average molecular weight is 482 g/mol. The molecule has 1 saturated heterocycles. The molecular weight excluding hydrogens is 458 g/mol. The molecule has 1 fully saturated rings. The van der Waals surface area contributed by atoms with E-state index in [0.717, 1.165) is 19.6 Å². The molecule has 4 heterocycles. The Morgan fingerprint density at radius 3 is 2.70 bits per heavy atom. The Morgan fingerprint density at radius 1 is 1.12 bits per heavy atom. The minimum absolute atomic E-state index is 0.0266. The molecule has 0 spiro atoms. The van der Waals surface area contributed by atoms with Crippen molar-refractivity contribution in [3.05, 3.63) is 63.1 Å². The number of hydrogen-bond donors (Lipinski definition) is 1. The van der Waals surface area contributed by atoms with Gasteiger partial charge in [-0.1, -0.05) is 17.4 Å². The summed E-state index contributed by atoms with van der Waals surface area (Å²) < 4.78 is 0. The summed E-state index contributed by atoms with van der Waals surface area (Å²) in [5, 5.41) is 5.20. The normalized spacial score (nSPS) is 18.7. The smallest absolute Gasteiger partial charge is 0.259 e. The van der Waals surface area contributed by atoms with Crippen molar-refractivity contribution in [3.63, 3.8) is 0 Å². The van der Waals surface area contributed by atoms with E-state index in [1.807, 2.05) is 4.90 Å². The highest BCUT2D eigenvalue weighted by Crippen LogP contribution is 2.33. The summed E-state index contributed by atoms with van der Waals surface area (Å²) in [5.74, 6) is -0.767. The fourth-order valence-corrected chi connectivity index (χ4v) is 5.91. The van der Waals surface area contributed by atoms with Crippen molar-refractivity contribution in [1.82, 2.24) is 19.8 Å². The predicted octanol–water partition coefficient (Wildman–Crippen LogP) is 2.94. The minimum atomic E-state index is -0.391. The van der Waals surface area contributed by atoms with E-state index in [4.69, 9.17) is 0 Å². The molecule has 0 bridgehead atoms. The van der Waals surface area contributed by atoms with Crippen molar-refractivity contribution in [1.29, 1.82) is 0 Å². The molecule has 3 aromatic heterocycles. The molecule has 10 heteroatoms. The lowest BCUT2D eigenvalue weighted by Gasteiger charge is -2.36. The molecule has 3 aromatic rings. The number of fused-ring (bicyclic) bond motifs is 1. The summed E-state index contributed by atoms with van der Waals surface area (Å²) in [4.78, 5) is 52.8. The number of hydrogen-bond acceptors (Lipinski definition) is 8. The van der Waals surface area contributed by atoms with Gasteiger partial charge in [-0.15, -0.1) is 11.3 Å². The molecule has 8 nitrogen and oxygen atoms in total. The molecule has 1 aliphatic heterocycles. The second-order valence-electron chi connectivity index (χ2n) is 8.20. The van der Waals surface area contributed by atoms with Crippen molar-refractivity contribution in [2.24, 2.45) is 5.92 Å². The number of carbonyl (C=O) groups is 3. The monoisotopic (exact) mass is 481 g/mol. The molecule has 0 radical (unpaired) electrons. The van der Waals surface area contributed by atoms with Crippen LogP contribution in [-0.4, -0.2) is 63.5 Å².